The number of pyridine rings is 1. The minimum absolute atomic E-state index is 0.0971. The van der Waals surface area contributed by atoms with Crippen molar-refractivity contribution in [2.45, 2.75) is 45.6 Å². The van der Waals surface area contributed by atoms with Crippen LogP contribution in [0.25, 0.3) is 0 Å². The Morgan fingerprint density at radius 2 is 2.03 bits per heavy atom. The van der Waals surface area contributed by atoms with Gasteiger partial charge in [0.25, 0.3) is 0 Å². The standard InChI is InChI=1S/C26H34N8O4/c1-26(2,3)38-25(37)34-10-5-7-18(17-34)13-29-20-11-22(32-23-16-28-19(12-27)14-30-23)31-15-21(20)33(4)9-6-8-24(35)36/h6,9,11,14-16,18H,5,7-8,10,13,17H2,1-4H3,(H,35,36)(H2,29,30,31,32)/b9-6-. The Kier molecular flexibility index (Phi) is 9.43. The van der Waals surface area contributed by atoms with Crippen LogP contribution in [-0.4, -0.2) is 69.3 Å². The Hall–Kier alpha value is -4.40. The zero-order valence-corrected chi connectivity index (χ0v) is 22.1. The normalized spacial score (nSPS) is 15.6. The number of ether oxygens (including phenoxy) is 1. The summed E-state index contributed by atoms with van der Waals surface area (Å²) in [6.45, 7) is 7.44. The van der Waals surface area contributed by atoms with Gasteiger partial charge in [-0.1, -0.05) is 6.08 Å². The molecule has 0 aromatic carbocycles. The number of hydrogen-bond acceptors (Lipinski definition) is 10. The average Bonchev–Trinajstić information content (AvgIpc) is 2.87. The van der Waals surface area contributed by atoms with Gasteiger partial charge in [0, 0.05) is 38.9 Å². The number of carboxylic acids is 1. The molecule has 12 heteroatoms. The van der Waals surface area contributed by atoms with Crippen LogP contribution in [0.5, 0.6) is 0 Å². The second-order valence-electron chi connectivity index (χ2n) is 10.0. The van der Waals surface area contributed by atoms with Crippen LogP contribution in [0.4, 0.5) is 27.8 Å². The third-order valence-electron chi connectivity index (χ3n) is 5.66. The number of piperidine rings is 1. The van der Waals surface area contributed by atoms with Crippen LogP contribution in [0.2, 0.25) is 0 Å². The molecule has 1 unspecified atom stereocenters. The molecule has 1 fully saturated rings. The van der Waals surface area contributed by atoms with Crippen molar-refractivity contribution in [1.29, 1.82) is 5.26 Å². The summed E-state index contributed by atoms with van der Waals surface area (Å²) in [5, 5.41) is 24.4. The first-order valence-corrected chi connectivity index (χ1v) is 12.4. The number of anilines is 4. The number of aliphatic carboxylic acids is 1. The number of rotatable bonds is 9. The number of nitrogens with zero attached hydrogens (tertiary/aromatic N) is 6. The van der Waals surface area contributed by atoms with Crippen LogP contribution in [-0.2, 0) is 9.53 Å². The second-order valence-corrected chi connectivity index (χ2v) is 10.0. The molecule has 202 valence electrons. The smallest absolute Gasteiger partial charge is 0.410 e. The quantitative estimate of drug-likeness (QED) is 0.438. The van der Waals surface area contributed by atoms with Crippen molar-refractivity contribution in [3.8, 4) is 6.07 Å². The van der Waals surface area contributed by atoms with Gasteiger partial charge in [0.05, 0.1) is 36.4 Å². The van der Waals surface area contributed by atoms with Crippen LogP contribution in [0.15, 0.2) is 36.9 Å². The lowest BCUT2D eigenvalue weighted by Crippen LogP contribution is -2.44. The van der Waals surface area contributed by atoms with E-state index in [0.717, 1.165) is 24.2 Å². The number of nitriles is 1. The highest BCUT2D eigenvalue weighted by atomic mass is 16.6. The average molecular weight is 523 g/mol. The van der Waals surface area contributed by atoms with Crippen LogP contribution in [0, 0.1) is 17.2 Å². The lowest BCUT2D eigenvalue weighted by atomic mass is 9.98. The molecule has 3 N–H and O–H groups in total. The molecule has 0 spiro atoms. The van der Waals surface area contributed by atoms with Gasteiger partial charge >= 0.3 is 12.1 Å². The van der Waals surface area contributed by atoms with E-state index in [2.05, 4.69) is 25.6 Å². The highest BCUT2D eigenvalue weighted by molar-refractivity contribution is 5.74. The van der Waals surface area contributed by atoms with Crippen LogP contribution in [0.3, 0.4) is 0 Å². The maximum Gasteiger partial charge on any atom is 0.410 e. The molecule has 2 aromatic heterocycles. The van der Waals surface area contributed by atoms with E-state index < -0.39 is 11.6 Å². The molecule has 38 heavy (non-hydrogen) atoms. The van der Waals surface area contributed by atoms with Crippen molar-refractivity contribution in [2.75, 3.05) is 42.2 Å². The molecule has 0 aliphatic carbocycles. The summed E-state index contributed by atoms with van der Waals surface area (Å²) < 4.78 is 5.55. The summed E-state index contributed by atoms with van der Waals surface area (Å²) >= 11 is 0. The van der Waals surface area contributed by atoms with Gasteiger partial charge in [-0.25, -0.2) is 19.7 Å². The summed E-state index contributed by atoms with van der Waals surface area (Å²) in [4.78, 5) is 39.7. The van der Waals surface area contributed by atoms with E-state index in [4.69, 9.17) is 15.1 Å². The van der Waals surface area contributed by atoms with E-state index in [0.29, 0.717) is 31.3 Å². The fourth-order valence-corrected chi connectivity index (χ4v) is 3.89. The summed E-state index contributed by atoms with van der Waals surface area (Å²) in [6.07, 6.45) is 9.19. The van der Waals surface area contributed by atoms with E-state index >= 15 is 0 Å². The number of nitrogens with one attached hydrogen (secondary N) is 2. The molecule has 1 aliphatic rings. The van der Waals surface area contributed by atoms with Crippen molar-refractivity contribution in [3.05, 3.63) is 42.6 Å². The number of amides is 1. The van der Waals surface area contributed by atoms with Gasteiger partial charge in [-0.3, -0.25) is 4.79 Å². The van der Waals surface area contributed by atoms with E-state index in [-0.39, 0.29) is 24.1 Å². The summed E-state index contributed by atoms with van der Waals surface area (Å²) in [5.74, 6) is 0.245. The SMILES string of the molecule is CN(/C=C\CC(=O)O)c1cnc(Nc2cnc(C#N)cn2)cc1NCC1CCCN(C(=O)OC(C)(C)C)C1. The number of hydrogen-bond donors (Lipinski definition) is 3. The predicted molar refractivity (Wildman–Crippen MR) is 143 cm³/mol. The lowest BCUT2D eigenvalue weighted by Gasteiger charge is -2.34. The van der Waals surface area contributed by atoms with E-state index in [9.17, 15) is 9.59 Å². The number of likely N-dealkylation sites (tertiary alicyclic amines) is 1. The van der Waals surface area contributed by atoms with E-state index in [1.807, 2.05) is 40.0 Å². The van der Waals surface area contributed by atoms with E-state index in [1.165, 1.54) is 12.4 Å². The fourth-order valence-electron chi connectivity index (χ4n) is 3.89. The predicted octanol–water partition coefficient (Wildman–Crippen LogP) is 3.97. The molecule has 1 atom stereocenters. The maximum atomic E-state index is 12.6. The Balaban J connectivity index is 1.75. The highest BCUT2D eigenvalue weighted by Crippen LogP contribution is 2.29. The number of carbonyl (C=O) groups excluding carboxylic acids is 1. The highest BCUT2D eigenvalue weighted by Gasteiger charge is 2.27. The molecule has 3 rings (SSSR count). The van der Waals surface area contributed by atoms with Gasteiger partial charge in [-0.15, -0.1) is 0 Å². The first-order chi connectivity index (χ1) is 18.0. The zero-order valence-electron chi connectivity index (χ0n) is 22.1. The molecule has 12 nitrogen and oxygen atoms in total. The van der Waals surface area contributed by atoms with Gasteiger partial charge in [0.15, 0.2) is 5.69 Å². The summed E-state index contributed by atoms with van der Waals surface area (Å²) in [7, 11) is 1.81. The lowest BCUT2D eigenvalue weighted by molar-refractivity contribution is -0.136. The van der Waals surface area contributed by atoms with Gasteiger partial charge in [0.1, 0.15) is 23.3 Å². The van der Waals surface area contributed by atoms with Crippen LogP contribution >= 0.6 is 0 Å². The molecular weight excluding hydrogens is 488 g/mol. The summed E-state index contributed by atoms with van der Waals surface area (Å²) in [5.41, 5.74) is 1.17. The van der Waals surface area contributed by atoms with Crippen molar-refractivity contribution >= 4 is 35.1 Å². The Labute approximate surface area is 222 Å². The van der Waals surface area contributed by atoms with Gasteiger partial charge in [-0.05, 0) is 39.5 Å². The molecule has 0 saturated carbocycles. The number of aromatic nitrogens is 3. The van der Waals surface area contributed by atoms with E-state index in [1.54, 1.807) is 28.3 Å². The third kappa shape index (κ3) is 8.62. The monoisotopic (exact) mass is 522 g/mol. The molecule has 0 radical (unpaired) electrons. The molecule has 1 aliphatic heterocycles. The van der Waals surface area contributed by atoms with Gasteiger partial charge in [0.2, 0.25) is 0 Å². The Bertz CT molecular complexity index is 1190. The second kappa shape index (κ2) is 12.7. The molecule has 1 amide bonds. The maximum absolute atomic E-state index is 12.6. The molecule has 3 heterocycles. The summed E-state index contributed by atoms with van der Waals surface area (Å²) in [6, 6.07) is 3.76. The molecule has 0 bridgehead atoms. The Morgan fingerprint density at radius 3 is 2.68 bits per heavy atom. The minimum atomic E-state index is -0.916. The van der Waals surface area contributed by atoms with Crippen molar-refractivity contribution in [2.24, 2.45) is 5.92 Å². The number of carbonyl (C=O) groups is 2. The zero-order chi connectivity index (χ0) is 27.7. The number of carboxylic acid groups (broad SMARTS) is 1. The Morgan fingerprint density at radius 1 is 1.26 bits per heavy atom. The first-order valence-electron chi connectivity index (χ1n) is 12.4. The topological polar surface area (TPSA) is 157 Å². The third-order valence-corrected chi connectivity index (χ3v) is 5.66. The van der Waals surface area contributed by atoms with Crippen molar-refractivity contribution in [3.63, 3.8) is 0 Å². The van der Waals surface area contributed by atoms with Crippen molar-refractivity contribution in [1.82, 2.24) is 19.9 Å². The van der Waals surface area contributed by atoms with Gasteiger partial charge < -0.3 is 30.3 Å². The van der Waals surface area contributed by atoms with Crippen LogP contribution in [0.1, 0.15) is 45.7 Å². The van der Waals surface area contributed by atoms with Crippen molar-refractivity contribution < 1.29 is 19.4 Å². The largest absolute Gasteiger partial charge is 0.481 e. The molecule has 2 aromatic rings. The van der Waals surface area contributed by atoms with Crippen LogP contribution < -0.4 is 15.5 Å². The fraction of sp³-hybridized carbons (Fsp3) is 0.462. The first kappa shape index (κ1) is 28.2. The van der Waals surface area contributed by atoms with Gasteiger partial charge in [-0.2, -0.15) is 5.26 Å². The minimum Gasteiger partial charge on any atom is -0.481 e. The molecular formula is C26H34N8O4. The molecule has 1 saturated heterocycles.